The van der Waals surface area contributed by atoms with Gasteiger partial charge in [0.15, 0.2) is 0 Å². The summed E-state index contributed by atoms with van der Waals surface area (Å²) < 4.78 is 29.6. The van der Waals surface area contributed by atoms with Gasteiger partial charge in [-0.25, -0.2) is 8.42 Å². The van der Waals surface area contributed by atoms with Crippen molar-refractivity contribution in [2.24, 2.45) is 5.92 Å². The molecule has 0 fully saturated rings. The Balaban J connectivity index is 2.05. The number of halogens is 3. The van der Waals surface area contributed by atoms with E-state index < -0.39 is 28.5 Å². The molecular formula is C29H32Cl2IN3O4S. The standard InChI is InChI=1S/C29H32Cl2IN3O4S/c1-4-27(29(37)33-17-20(2)3)34(18-21-10-11-22(30)16-26(21)31)28(36)19-35(24-14-12-23(32)13-15-24)40(38,39)25-8-6-5-7-9-25/h5-16,20,27H,4,17-19H2,1-3H3,(H,33,37)/t27-/m0/s1. The van der Waals surface area contributed by atoms with Crippen LogP contribution in [0.15, 0.2) is 77.7 Å². The second-order valence-electron chi connectivity index (χ2n) is 9.62. The quantitative estimate of drug-likeness (QED) is 0.221. The largest absolute Gasteiger partial charge is 0.354 e. The van der Waals surface area contributed by atoms with Crippen LogP contribution in [0.4, 0.5) is 5.69 Å². The number of benzene rings is 3. The maximum absolute atomic E-state index is 14.1. The van der Waals surface area contributed by atoms with Crippen LogP contribution in [0.5, 0.6) is 0 Å². The van der Waals surface area contributed by atoms with E-state index in [0.29, 0.717) is 34.3 Å². The number of carbonyl (C=O) groups is 2. The van der Waals surface area contributed by atoms with E-state index in [4.69, 9.17) is 23.2 Å². The smallest absolute Gasteiger partial charge is 0.264 e. The van der Waals surface area contributed by atoms with Gasteiger partial charge in [-0.15, -0.1) is 0 Å². The summed E-state index contributed by atoms with van der Waals surface area (Å²) in [6, 6.07) is 18.9. The zero-order valence-electron chi connectivity index (χ0n) is 22.5. The van der Waals surface area contributed by atoms with Crippen molar-refractivity contribution in [1.82, 2.24) is 10.2 Å². The van der Waals surface area contributed by atoms with Gasteiger partial charge in [-0.3, -0.25) is 13.9 Å². The molecule has 7 nitrogen and oxygen atoms in total. The SMILES string of the molecule is CC[C@@H](C(=O)NCC(C)C)N(Cc1ccc(Cl)cc1Cl)C(=O)CN(c1ccc(I)cc1)S(=O)(=O)c1ccccc1. The number of nitrogens with one attached hydrogen (secondary N) is 1. The summed E-state index contributed by atoms with van der Waals surface area (Å²) in [5, 5.41) is 3.68. The maximum atomic E-state index is 14.1. The second-order valence-corrected chi connectivity index (χ2v) is 13.6. The van der Waals surface area contributed by atoms with E-state index in [2.05, 4.69) is 27.9 Å². The van der Waals surface area contributed by atoms with Crippen molar-refractivity contribution in [2.75, 3.05) is 17.4 Å². The molecule has 3 rings (SSSR count). The van der Waals surface area contributed by atoms with Crippen molar-refractivity contribution >= 4 is 73.3 Å². The van der Waals surface area contributed by atoms with Gasteiger partial charge in [0.1, 0.15) is 12.6 Å². The predicted octanol–water partition coefficient (Wildman–Crippen LogP) is 6.37. The predicted molar refractivity (Wildman–Crippen MR) is 169 cm³/mol. The minimum atomic E-state index is -4.12. The van der Waals surface area contributed by atoms with Crippen LogP contribution in [0.2, 0.25) is 10.0 Å². The Labute approximate surface area is 260 Å². The summed E-state index contributed by atoms with van der Waals surface area (Å²) in [4.78, 5) is 28.8. The molecule has 0 heterocycles. The molecule has 0 saturated carbocycles. The number of hydrogen-bond acceptors (Lipinski definition) is 4. The zero-order chi connectivity index (χ0) is 29.4. The monoisotopic (exact) mass is 715 g/mol. The van der Waals surface area contributed by atoms with Gasteiger partial charge in [0.25, 0.3) is 10.0 Å². The first kappa shape index (κ1) is 32.2. The van der Waals surface area contributed by atoms with Crippen molar-refractivity contribution in [3.63, 3.8) is 0 Å². The van der Waals surface area contributed by atoms with Crippen LogP contribution in [-0.2, 0) is 26.2 Å². The summed E-state index contributed by atoms with van der Waals surface area (Å²) in [5.74, 6) is -0.652. The molecule has 0 bridgehead atoms. The maximum Gasteiger partial charge on any atom is 0.264 e. The van der Waals surface area contributed by atoms with Crippen molar-refractivity contribution in [3.8, 4) is 0 Å². The summed E-state index contributed by atoms with van der Waals surface area (Å²) in [6.07, 6.45) is 0.315. The van der Waals surface area contributed by atoms with Gasteiger partial charge in [-0.2, -0.15) is 0 Å². The molecule has 0 spiro atoms. The van der Waals surface area contributed by atoms with Gasteiger partial charge >= 0.3 is 0 Å². The first-order valence-electron chi connectivity index (χ1n) is 12.8. The molecule has 0 aromatic heterocycles. The van der Waals surface area contributed by atoms with Crippen LogP contribution >= 0.6 is 45.8 Å². The minimum absolute atomic E-state index is 0.00560. The number of rotatable bonds is 12. The summed E-state index contributed by atoms with van der Waals surface area (Å²) in [6.45, 7) is 5.68. The molecule has 0 saturated heterocycles. The fourth-order valence-electron chi connectivity index (χ4n) is 4.03. The average molecular weight is 716 g/mol. The van der Waals surface area contributed by atoms with E-state index in [-0.39, 0.29) is 23.3 Å². The van der Waals surface area contributed by atoms with Gasteiger partial charge in [-0.1, -0.05) is 68.2 Å². The molecule has 0 unspecified atom stereocenters. The summed E-state index contributed by atoms with van der Waals surface area (Å²) in [7, 11) is -4.12. The Morgan fingerprint density at radius 3 is 2.20 bits per heavy atom. The van der Waals surface area contributed by atoms with Crippen LogP contribution in [-0.4, -0.2) is 44.3 Å². The lowest BCUT2D eigenvalue weighted by Gasteiger charge is -2.33. The molecule has 0 aliphatic heterocycles. The number of sulfonamides is 1. The first-order valence-corrected chi connectivity index (χ1v) is 16.1. The highest BCUT2D eigenvalue weighted by Crippen LogP contribution is 2.27. The summed E-state index contributed by atoms with van der Waals surface area (Å²) >= 11 is 14.7. The molecular weight excluding hydrogens is 684 g/mol. The van der Waals surface area contributed by atoms with Crippen molar-refractivity contribution in [2.45, 2.75) is 44.7 Å². The van der Waals surface area contributed by atoms with E-state index in [1.807, 2.05) is 13.8 Å². The van der Waals surface area contributed by atoms with Gasteiger partial charge in [-0.05, 0) is 89.0 Å². The number of anilines is 1. The third-order valence-electron chi connectivity index (χ3n) is 6.15. The molecule has 11 heteroatoms. The van der Waals surface area contributed by atoms with Gasteiger partial charge < -0.3 is 10.2 Å². The van der Waals surface area contributed by atoms with Crippen LogP contribution in [0.3, 0.4) is 0 Å². The van der Waals surface area contributed by atoms with E-state index in [1.165, 1.54) is 17.0 Å². The lowest BCUT2D eigenvalue weighted by atomic mass is 10.1. The van der Waals surface area contributed by atoms with Crippen molar-refractivity contribution in [1.29, 1.82) is 0 Å². The third-order valence-corrected chi connectivity index (χ3v) is 9.25. The number of nitrogens with zero attached hydrogens (tertiary/aromatic N) is 2. The minimum Gasteiger partial charge on any atom is -0.354 e. The van der Waals surface area contributed by atoms with Gasteiger partial charge in [0.2, 0.25) is 11.8 Å². The Morgan fingerprint density at radius 2 is 1.62 bits per heavy atom. The molecule has 0 aliphatic rings. The fourth-order valence-corrected chi connectivity index (χ4v) is 6.29. The topological polar surface area (TPSA) is 86.8 Å². The second kappa shape index (κ2) is 14.5. The van der Waals surface area contributed by atoms with E-state index in [1.54, 1.807) is 67.6 Å². The van der Waals surface area contributed by atoms with Gasteiger partial charge in [0, 0.05) is 26.7 Å². The van der Waals surface area contributed by atoms with E-state index in [9.17, 15) is 18.0 Å². The number of amides is 2. The number of carbonyl (C=O) groups excluding carboxylic acids is 2. The third kappa shape index (κ3) is 8.34. The zero-order valence-corrected chi connectivity index (χ0v) is 27.0. The highest BCUT2D eigenvalue weighted by atomic mass is 127. The van der Waals surface area contributed by atoms with Crippen LogP contribution in [0, 0.1) is 9.49 Å². The fraction of sp³-hybridized carbons (Fsp3) is 0.310. The lowest BCUT2D eigenvalue weighted by Crippen LogP contribution is -2.52. The Morgan fingerprint density at radius 1 is 0.975 bits per heavy atom. The van der Waals surface area contributed by atoms with Gasteiger partial charge in [0.05, 0.1) is 10.6 Å². The van der Waals surface area contributed by atoms with Crippen LogP contribution < -0.4 is 9.62 Å². The molecule has 2 amide bonds. The van der Waals surface area contributed by atoms with Crippen molar-refractivity contribution in [3.05, 3.63) is 92.0 Å². The molecule has 1 N–H and O–H groups in total. The molecule has 3 aromatic carbocycles. The Kier molecular flexibility index (Phi) is 11.7. The van der Waals surface area contributed by atoms with Crippen LogP contribution in [0.1, 0.15) is 32.8 Å². The van der Waals surface area contributed by atoms with Crippen molar-refractivity contribution < 1.29 is 18.0 Å². The number of hydrogen-bond donors (Lipinski definition) is 1. The van der Waals surface area contributed by atoms with E-state index >= 15 is 0 Å². The van der Waals surface area contributed by atoms with E-state index in [0.717, 1.165) is 7.88 Å². The van der Waals surface area contributed by atoms with Crippen LogP contribution in [0.25, 0.3) is 0 Å². The first-order chi connectivity index (χ1) is 18.9. The molecule has 214 valence electrons. The average Bonchev–Trinajstić information content (AvgIpc) is 2.92. The molecule has 40 heavy (non-hydrogen) atoms. The Hall–Kier alpha value is -2.34. The molecule has 1 atom stereocenters. The molecule has 0 aliphatic carbocycles. The molecule has 0 radical (unpaired) electrons. The highest BCUT2D eigenvalue weighted by Gasteiger charge is 2.34. The highest BCUT2D eigenvalue weighted by molar-refractivity contribution is 14.1. The molecule has 3 aromatic rings. The Bertz CT molecular complexity index is 1420. The normalized spacial score (nSPS) is 12.2. The lowest BCUT2D eigenvalue weighted by molar-refractivity contribution is -0.140. The summed E-state index contributed by atoms with van der Waals surface area (Å²) in [5.41, 5.74) is 0.917.